The Bertz CT molecular complexity index is 1000. The number of nitrogens with two attached hydrogens (primary N) is 1. The Labute approximate surface area is 139 Å². The fourth-order valence-corrected chi connectivity index (χ4v) is 3.03. The summed E-state index contributed by atoms with van der Waals surface area (Å²) in [6.45, 7) is 1.99. The number of halogens is 1. The van der Waals surface area contributed by atoms with Crippen LogP contribution in [-0.2, 0) is 10.0 Å². The summed E-state index contributed by atoms with van der Waals surface area (Å²) < 4.78 is 37.0. The zero-order chi connectivity index (χ0) is 17.3. The molecule has 6 heteroatoms. The molecule has 0 unspecified atom stereocenters. The fourth-order valence-electron chi connectivity index (χ4n) is 2.47. The topological polar surface area (TPSA) is 73.0 Å². The second-order valence-corrected chi connectivity index (χ2v) is 7.05. The van der Waals surface area contributed by atoms with Gasteiger partial charge in [-0.05, 0) is 36.8 Å². The molecule has 3 rings (SSSR count). The first-order valence-electron chi connectivity index (χ1n) is 7.20. The van der Waals surface area contributed by atoms with E-state index in [0.29, 0.717) is 11.3 Å². The molecule has 0 amide bonds. The van der Waals surface area contributed by atoms with Crippen LogP contribution in [0.25, 0.3) is 22.4 Å². The van der Waals surface area contributed by atoms with Crippen LogP contribution in [0.15, 0.2) is 65.7 Å². The minimum atomic E-state index is -4.01. The Morgan fingerprint density at radius 3 is 2.38 bits per heavy atom. The van der Waals surface area contributed by atoms with Gasteiger partial charge in [0.25, 0.3) is 0 Å². The summed E-state index contributed by atoms with van der Waals surface area (Å²) in [6.07, 6.45) is 1.58. The van der Waals surface area contributed by atoms with E-state index < -0.39 is 15.8 Å². The predicted octanol–water partition coefficient (Wildman–Crippen LogP) is 3.51. The average molecular weight is 342 g/mol. The summed E-state index contributed by atoms with van der Waals surface area (Å²) in [7, 11) is -4.01. The van der Waals surface area contributed by atoms with E-state index in [2.05, 4.69) is 4.98 Å². The minimum Gasteiger partial charge on any atom is -0.256 e. The van der Waals surface area contributed by atoms with Gasteiger partial charge in [0.05, 0.1) is 10.6 Å². The normalized spacial score (nSPS) is 11.5. The first-order valence-corrected chi connectivity index (χ1v) is 8.75. The molecule has 24 heavy (non-hydrogen) atoms. The fraction of sp³-hybridized carbons (Fsp3) is 0.0556. The van der Waals surface area contributed by atoms with Gasteiger partial charge in [0.15, 0.2) is 0 Å². The number of hydrogen-bond acceptors (Lipinski definition) is 3. The molecule has 3 aromatic rings. The van der Waals surface area contributed by atoms with Crippen molar-refractivity contribution in [3.8, 4) is 22.4 Å². The van der Waals surface area contributed by atoms with Gasteiger partial charge >= 0.3 is 0 Å². The Hall–Kier alpha value is -2.57. The van der Waals surface area contributed by atoms with Gasteiger partial charge in [-0.25, -0.2) is 17.9 Å². The van der Waals surface area contributed by atoms with Crippen molar-refractivity contribution < 1.29 is 12.8 Å². The molecule has 2 N–H and O–H groups in total. The van der Waals surface area contributed by atoms with Crippen LogP contribution in [0.2, 0.25) is 0 Å². The number of rotatable bonds is 3. The quantitative estimate of drug-likeness (QED) is 0.791. The molecule has 0 saturated heterocycles. The molecule has 0 aliphatic carbocycles. The number of sulfonamides is 1. The molecule has 4 nitrogen and oxygen atoms in total. The summed E-state index contributed by atoms with van der Waals surface area (Å²) in [5.41, 5.74) is 3.65. The molecular weight excluding hydrogens is 327 g/mol. The van der Waals surface area contributed by atoms with Crippen LogP contribution >= 0.6 is 0 Å². The molecule has 0 aliphatic heterocycles. The van der Waals surface area contributed by atoms with Crippen LogP contribution in [0.3, 0.4) is 0 Å². The highest BCUT2D eigenvalue weighted by Crippen LogP contribution is 2.31. The summed E-state index contributed by atoms with van der Waals surface area (Å²) in [5, 5.41) is 5.12. The van der Waals surface area contributed by atoms with Crippen LogP contribution in [0.4, 0.5) is 4.39 Å². The maximum Gasteiger partial charge on any atom is 0.238 e. The summed E-state index contributed by atoms with van der Waals surface area (Å²) in [5.74, 6) is -0.683. The van der Waals surface area contributed by atoms with Crippen molar-refractivity contribution in [2.45, 2.75) is 11.8 Å². The Morgan fingerprint density at radius 2 is 1.71 bits per heavy atom. The highest BCUT2D eigenvalue weighted by atomic mass is 32.2. The molecule has 0 bridgehead atoms. The van der Waals surface area contributed by atoms with Crippen molar-refractivity contribution in [1.82, 2.24) is 4.98 Å². The number of nitrogens with zero attached hydrogens (tertiary/aromatic N) is 1. The number of aryl methyl sites for hydroxylation is 1. The zero-order valence-electron chi connectivity index (χ0n) is 12.9. The summed E-state index contributed by atoms with van der Waals surface area (Å²) >= 11 is 0. The van der Waals surface area contributed by atoms with Crippen molar-refractivity contribution >= 4 is 10.0 Å². The smallest absolute Gasteiger partial charge is 0.238 e. The first-order chi connectivity index (χ1) is 11.3. The Balaban J connectivity index is 2.21. The lowest BCUT2D eigenvalue weighted by atomic mass is 9.98. The van der Waals surface area contributed by atoms with Crippen molar-refractivity contribution in [2.24, 2.45) is 5.14 Å². The molecule has 0 radical (unpaired) electrons. The lowest BCUT2D eigenvalue weighted by molar-refractivity contribution is 0.592. The van der Waals surface area contributed by atoms with Gasteiger partial charge in [-0.3, -0.25) is 4.98 Å². The third kappa shape index (κ3) is 3.34. The van der Waals surface area contributed by atoms with Crippen molar-refractivity contribution in [3.05, 3.63) is 72.2 Å². The molecule has 0 atom stereocenters. The van der Waals surface area contributed by atoms with E-state index in [9.17, 15) is 12.8 Å². The molecular formula is C18H15FN2O2S. The van der Waals surface area contributed by atoms with Gasteiger partial charge in [0.2, 0.25) is 10.0 Å². The van der Waals surface area contributed by atoms with Crippen LogP contribution in [0, 0.1) is 12.7 Å². The van der Waals surface area contributed by atoms with E-state index in [-0.39, 0.29) is 4.90 Å². The lowest BCUT2D eigenvalue weighted by Crippen LogP contribution is -2.12. The number of hydrogen-bond donors (Lipinski definition) is 1. The average Bonchev–Trinajstić information content (AvgIpc) is 2.54. The van der Waals surface area contributed by atoms with Gasteiger partial charge in [-0.15, -0.1) is 0 Å². The van der Waals surface area contributed by atoms with Gasteiger partial charge < -0.3 is 0 Å². The maximum atomic E-state index is 13.9. The maximum absolute atomic E-state index is 13.9. The van der Waals surface area contributed by atoms with Gasteiger partial charge in [0, 0.05) is 17.3 Å². The Kier molecular flexibility index (Phi) is 4.17. The third-order valence-corrected chi connectivity index (χ3v) is 4.54. The molecule has 1 aromatic heterocycles. The zero-order valence-corrected chi connectivity index (χ0v) is 13.7. The SMILES string of the molecule is Cc1ccc(-c2cccnc2-c2cc(F)cc(S(N)(=O)=O)c2)cc1. The predicted molar refractivity (Wildman–Crippen MR) is 91.2 cm³/mol. The van der Waals surface area contributed by atoms with Gasteiger partial charge in [-0.1, -0.05) is 35.9 Å². The number of primary sulfonamides is 1. The molecule has 1 heterocycles. The monoisotopic (exact) mass is 342 g/mol. The van der Waals surface area contributed by atoms with E-state index in [0.717, 1.165) is 22.8 Å². The lowest BCUT2D eigenvalue weighted by Gasteiger charge is -2.10. The van der Waals surface area contributed by atoms with Gasteiger partial charge in [0.1, 0.15) is 5.82 Å². The van der Waals surface area contributed by atoms with Crippen molar-refractivity contribution in [3.63, 3.8) is 0 Å². The Morgan fingerprint density at radius 1 is 1.00 bits per heavy atom. The number of pyridine rings is 1. The van der Waals surface area contributed by atoms with Crippen molar-refractivity contribution in [2.75, 3.05) is 0 Å². The second kappa shape index (κ2) is 6.14. The molecule has 0 fully saturated rings. The standard InChI is InChI=1S/C18H15FN2O2S/c1-12-4-6-13(7-5-12)17-3-2-8-21-18(17)14-9-15(19)11-16(10-14)24(20,22)23/h2-11H,1H3,(H2,20,22,23). The number of benzene rings is 2. The highest BCUT2D eigenvalue weighted by molar-refractivity contribution is 7.89. The van der Waals surface area contributed by atoms with E-state index in [1.165, 1.54) is 12.1 Å². The van der Waals surface area contributed by atoms with Gasteiger partial charge in [-0.2, -0.15) is 0 Å². The second-order valence-electron chi connectivity index (χ2n) is 5.49. The molecule has 122 valence electrons. The molecule has 0 saturated carbocycles. The summed E-state index contributed by atoms with van der Waals surface area (Å²) in [6, 6.07) is 14.9. The highest BCUT2D eigenvalue weighted by Gasteiger charge is 2.15. The van der Waals surface area contributed by atoms with Crippen LogP contribution in [-0.4, -0.2) is 13.4 Å². The van der Waals surface area contributed by atoms with Crippen LogP contribution < -0.4 is 5.14 Å². The van der Waals surface area contributed by atoms with Crippen molar-refractivity contribution in [1.29, 1.82) is 0 Å². The molecule has 2 aromatic carbocycles. The van der Waals surface area contributed by atoms with E-state index in [4.69, 9.17) is 5.14 Å². The minimum absolute atomic E-state index is 0.280. The third-order valence-electron chi connectivity index (χ3n) is 3.64. The van der Waals surface area contributed by atoms with Crippen LogP contribution in [0.5, 0.6) is 0 Å². The molecule has 0 aliphatic rings. The first kappa shape index (κ1) is 16.3. The van der Waals surface area contributed by atoms with E-state index in [1.807, 2.05) is 37.3 Å². The van der Waals surface area contributed by atoms with E-state index in [1.54, 1.807) is 12.3 Å². The number of aromatic nitrogens is 1. The largest absolute Gasteiger partial charge is 0.256 e. The molecule has 0 spiro atoms. The van der Waals surface area contributed by atoms with E-state index >= 15 is 0 Å². The van der Waals surface area contributed by atoms with Crippen LogP contribution in [0.1, 0.15) is 5.56 Å². The summed E-state index contributed by atoms with van der Waals surface area (Å²) in [4.78, 5) is 4.03.